The molecule has 3 aromatic rings. The van der Waals surface area contributed by atoms with Crippen molar-refractivity contribution in [2.45, 2.75) is 0 Å². The molecule has 3 rings (SSSR count). The first-order valence-corrected chi connectivity index (χ1v) is 5.14. The Morgan fingerprint density at radius 2 is 1.82 bits per heavy atom. The van der Waals surface area contributed by atoms with Gasteiger partial charge in [-0.15, -0.1) is 5.10 Å². The Balaban J connectivity index is 2.14. The minimum atomic E-state index is 0.224. The van der Waals surface area contributed by atoms with Crippen LogP contribution in [-0.4, -0.2) is 19.7 Å². The normalized spacial score (nSPS) is 10.8. The predicted octanol–water partition coefficient (Wildman–Crippen LogP) is 1.68. The maximum Gasteiger partial charge on any atom is 0.182 e. The van der Waals surface area contributed by atoms with Crippen molar-refractivity contribution in [3.63, 3.8) is 0 Å². The fourth-order valence-electron chi connectivity index (χ4n) is 1.63. The maximum atomic E-state index is 9.22. The smallest absolute Gasteiger partial charge is 0.182 e. The fraction of sp³-hybridized carbons (Fsp3) is 0. The van der Waals surface area contributed by atoms with Crippen molar-refractivity contribution in [2.24, 2.45) is 0 Å². The van der Waals surface area contributed by atoms with E-state index in [1.54, 1.807) is 41.0 Å². The van der Waals surface area contributed by atoms with Gasteiger partial charge < -0.3 is 10.8 Å². The number of hydrogen-bond donors (Lipinski definition) is 2. The summed E-state index contributed by atoms with van der Waals surface area (Å²) in [6, 6.07) is 10.3. The van der Waals surface area contributed by atoms with E-state index in [1.807, 2.05) is 6.07 Å². The molecule has 0 saturated carbocycles. The first-order valence-electron chi connectivity index (χ1n) is 5.14. The van der Waals surface area contributed by atoms with E-state index in [4.69, 9.17) is 5.73 Å². The largest absolute Gasteiger partial charge is 0.508 e. The summed E-state index contributed by atoms with van der Waals surface area (Å²) >= 11 is 0. The lowest BCUT2D eigenvalue weighted by Crippen LogP contribution is -1.91. The van der Waals surface area contributed by atoms with Crippen LogP contribution in [0, 0.1) is 0 Å². The van der Waals surface area contributed by atoms with E-state index in [2.05, 4.69) is 10.1 Å². The summed E-state index contributed by atoms with van der Waals surface area (Å²) in [5.74, 6) is 0.831. The van der Waals surface area contributed by atoms with Crippen molar-refractivity contribution >= 4 is 11.3 Å². The molecule has 0 bridgehead atoms. The molecule has 1 aromatic carbocycles. The van der Waals surface area contributed by atoms with Gasteiger partial charge in [-0.25, -0.2) is 9.50 Å². The number of anilines is 1. The summed E-state index contributed by atoms with van der Waals surface area (Å²) in [5, 5.41) is 13.5. The molecule has 0 radical (unpaired) electrons. The van der Waals surface area contributed by atoms with Crippen LogP contribution in [-0.2, 0) is 0 Å². The molecule has 0 unspecified atom stereocenters. The number of nitrogen functional groups attached to an aromatic ring is 1. The van der Waals surface area contributed by atoms with Gasteiger partial charge in [0, 0.05) is 5.56 Å². The number of aromatic hydroxyl groups is 1. The van der Waals surface area contributed by atoms with E-state index < -0.39 is 0 Å². The molecule has 5 heteroatoms. The molecule has 0 aliphatic rings. The number of phenols is 1. The number of phenolic OH excluding ortho intramolecular Hbond substituents is 1. The zero-order valence-corrected chi connectivity index (χ0v) is 8.91. The quantitative estimate of drug-likeness (QED) is 0.662. The topological polar surface area (TPSA) is 76.4 Å². The second kappa shape index (κ2) is 3.48. The third kappa shape index (κ3) is 1.67. The molecule has 0 spiro atoms. The van der Waals surface area contributed by atoms with Crippen LogP contribution in [0.15, 0.2) is 42.6 Å². The number of nitrogens with two attached hydrogens (primary N) is 1. The molecule has 0 amide bonds. The van der Waals surface area contributed by atoms with Crippen LogP contribution in [0.2, 0.25) is 0 Å². The third-order valence-electron chi connectivity index (χ3n) is 2.48. The molecule has 0 aliphatic heterocycles. The van der Waals surface area contributed by atoms with Crippen LogP contribution >= 0.6 is 0 Å². The second-order valence-corrected chi connectivity index (χ2v) is 3.75. The first-order chi connectivity index (χ1) is 8.22. The number of hydrogen-bond acceptors (Lipinski definition) is 4. The van der Waals surface area contributed by atoms with Crippen LogP contribution in [0.5, 0.6) is 5.75 Å². The summed E-state index contributed by atoms with van der Waals surface area (Å²) < 4.78 is 1.64. The highest BCUT2D eigenvalue weighted by Crippen LogP contribution is 2.19. The van der Waals surface area contributed by atoms with Gasteiger partial charge in [0.25, 0.3) is 0 Å². The maximum absolute atomic E-state index is 9.22. The van der Waals surface area contributed by atoms with Gasteiger partial charge in [0.15, 0.2) is 11.5 Å². The Labute approximate surface area is 97.1 Å². The van der Waals surface area contributed by atoms with E-state index in [-0.39, 0.29) is 5.75 Å². The SMILES string of the molecule is Nc1ccc2nc(-c3ccc(O)cc3)nn2c1. The number of nitrogens with zero attached hydrogens (tertiary/aromatic N) is 3. The molecule has 0 saturated heterocycles. The molecular formula is C12H10N4O. The molecule has 0 fully saturated rings. The van der Waals surface area contributed by atoms with Gasteiger partial charge in [0.1, 0.15) is 5.75 Å². The number of aromatic nitrogens is 3. The summed E-state index contributed by atoms with van der Waals surface area (Å²) in [5.41, 5.74) is 7.90. The van der Waals surface area contributed by atoms with E-state index in [0.29, 0.717) is 11.5 Å². The standard InChI is InChI=1S/C12H10N4O/c13-9-3-6-11-14-12(15-16(11)7-9)8-1-4-10(17)5-2-8/h1-7,17H,13H2. The summed E-state index contributed by atoms with van der Waals surface area (Å²) in [6.45, 7) is 0. The molecule has 0 atom stereocenters. The fourth-order valence-corrected chi connectivity index (χ4v) is 1.63. The highest BCUT2D eigenvalue weighted by atomic mass is 16.3. The summed E-state index contributed by atoms with van der Waals surface area (Å²) in [4.78, 5) is 4.37. The third-order valence-corrected chi connectivity index (χ3v) is 2.48. The average Bonchev–Trinajstić information content (AvgIpc) is 2.72. The zero-order chi connectivity index (χ0) is 11.8. The van der Waals surface area contributed by atoms with E-state index in [9.17, 15) is 5.11 Å². The summed E-state index contributed by atoms with van der Waals surface area (Å²) in [7, 11) is 0. The van der Waals surface area contributed by atoms with Gasteiger partial charge in [-0.05, 0) is 36.4 Å². The van der Waals surface area contributed by atoms with E-state index in [1.165, 1.54) is 0 Å². The van der Waals surface area contributed by atoms with Crippen molar-refractivity contribution in [2.75, 3.05) is 5.73 Å². The highest BCUT2D eigenvalue weighted by molar-refractivity contribution is 5.59. The lowest BCUT2D eigenvalue weighted by atomic mass is 10.2. The van der Waals surface area contributed by atoms with Crippen molar-refractivity contribution < 1.29 is 5.11 Å². The lowest BCUT2D eigenvalue weighted by Gasteiger charge is -1.94. The minimum absolute atomic E-state index is 0.224. The van der Waals surface area contributed by atoms with Crippen LogP contribution in [0.4, 0.5) is 5.69 Å². The minimum Gasteiger partial charge on any atom is -0.508 e. The second-order valence-electron chi connectivity index (χ2n) is 3.75. The Morgan fingerprint density at radius 3 is 2.59 bits per heavy atom. The number of rotatable bonds is 1. The monoisotopic (exact) mass is 226 g/mol. The molecule has 2 aromatic heterocycles. The van der Waals surface area contributed by atoms with Crippen LogP contribution in [0.1, 0.15) is 0 Å². The van der Waals surface area contributed by atoms with Crippen LogP contribution < -0.4 is 5.73 Å². The molecular weight excluding hydrogens is 216 g/mol. The van der Waals surface area contributed by atoms with Gasteiger partial charge in [0.2, 0.25) is 0 Å². The Hall–Kier alpha value is -2.56. The Bertz CT molecular complexity index is 673. The van der Waals surface area contributed by atoms with Crippen molar-refractivity contribution in [3.05, 3.63) is 42.6 Å². The highest BCUT2D eigenvalue weighted by Gasteiger charge is 2.06. The summed E-state index contributed by atoms with van der Waals surface area (Å²) in [6.07, 6.45) is 1.71. The van der Waals surface area contributed by atoms with E-state index in [0.717, 1.165) is 11.2 Å². The van der Waals surface area contributed by atoms with Crippen LogP contribution in [0.3, 0.4) is 0 Å². The average molecular weight is 226 g/mol. The molecule has 5 nitrogen and oxygen atoms in total. The van der Waals surface area contributed by atoms with Crippen LogP contribution in [0.25, 0.3) is 17.0 Å². The van der Waals surface area contributed by atoms with Gasteiger partial charge in [-0.2, -0.15) is 0 Å². The molecule has 0 aliphatic carbocycles. The molecule has 3 N–H and O–H groups in total. The predicted molar refractivity (Wildman–Crippen MR) is 64.5 cm³/mol. The van der Waals surface area contributed by atoms with Gasteiger partial charge in [0.05, 0.1) is 11.9 Å². The molecule has 17 heavy (non-hydrogen) atoms. The van der Waals surface area contributed by atoms with Crippen molar-refractivity contribution in [1.29, 1.82) is 0 Å². The molecule has 84 valence electrons. The van der Waals surface area contributed by atoms with Crippen molar-refractivity contribution in [3.8, 4) is 17.1 Å². The van der Waals surface area contributed by atoms with Gasteiger partial charge >= 0.3 is 0 Å². The number of benzene rings is 1. The Morgan fingerprint density at radius 1 is 1.06 bits per heavy atom. The lowest BCUT2D eigenvalue weighted by molar-refractivity contribution is 0.475. The van der Waals surface area contributed by atoms with Crippen molar-refractivity contribution in [1.82, 2.24) is 14.6 Å². The van der Waals surface area contributed by atoms with E-state index >= 15 is 0 Å². The zero-order valence-electron chi connectivity index (χ0n) is 8.91. The first kappa shape index (κ1) is 9.65. The number of pyridine rings is 1. The Kier molecular flexibility index (Phi) is 1.98. The molecule has 2 heterocycles. The van der Waals surface area contributed by atoms with Gasteiger partial charge in [-0.1, -0.05) is 0 Å². The van der Waals surface area contributed by atoms with Gasteiger partial charge in [-0.3, -0.25) is 0 Å². The number of fused-ring (bicyclic) bond motifs is 1.